The van der Waals surface area contributed by atoms with Crippen molar-refractivity contribution < 1.29 is 13.9 Å². The summed E-state index contributed by atoms with van der Waals surface area (Å²) in [4.78, 5) is 24.2. The second-order valence-electron chi connectivity index (χ2n) is 6.12. The molecule has 0 radical (unpaired) electrons. The van der Waals surface area contributed by atoms with E-state index in [2.05, 4.69) is 5.32 Å². The first-order chi connectivity index (χ1) is 12.1. The predicted octanol–water partition coefficient (Wildman–Crippen LogP) is 2.31. The molecule has 1 aliphatic carbocycles. The number of benzene rings is 1. The standard InChI is InChI=1S/C19H21FN2O3/c1-2-25-10-9-22-12-14(5-8-18(22)23)19(24)21-17-11-16(17)13-3-6-15(20)7-4-13/h3-8,12,16-17H,2,9-11H2,1H3,(H,21,24)/t16-,17+/m0/s1. The van der Waals surface area contributed by atoms with Crippen molar-refractivity contribution in [3.8, 4) is 0 Å². The first-order valence-electron chi connectivity index (χ1n) is 8.43. The fourth-order valence-corrected chi connectivity index (χ4v) is 2.83. The zero-order valence-electron chi connectivity index (χ0n) is 14.1. The van der Waals surface area contributed by atoms with Crippen molar-refractivity contribution in [2.75, 3.05) is 13.2 Å². The molecule has 1 saturated carbocycles. The number of rotatable bonds is 7. The van der Waals surface area contributed by atoms with Gasteiger partial charge in [-0.05, 0) is 37.1 Å². The Kier molecular flexibility index (Phi) is 5.28. The monoisotopic (exact) mass is 344 g/mol. The number of halogens is 1. The molecule has 1 amide bonds. The van der Waals surface area contributed by atoms with E-state index in [-0.39, 0.29) is 29.2 Å². The minimum Gasteiger partial charge on any atom is -0.380 e. The van der Waals surface area contributed by atoms with Crippen LogP contribution in [0.1, 0.15) is 35.2 Å². The fourth-order valence-electron chi connectivity index (χ4n) is 2.83. The largest absolute Gasteiger partial charge is 0.380 e. The maximum atomic E-state index is 13.0. The molecule has 2 atom stereocenters. The zero-order valence-corrected chi connectivity index (χ0v) is 14.1. The number of amides is 1. The molecule has 1 N–H and O–H groups in total. The Morgan fingerprint density at radius 2 is 2.04 bits per heavy atom. The second kappa shape index (κ2) is 7.61. The van der Waals surface area contributed by atoms with Gasteiger partial charge in [0.25, 0.3) is 11.5 Å². The fraction of sp³-hybridized carbons (Fsp3) is 0.368. The lowest BCUT2D eigenvalue weighted by molar-refractivity contribution is 0.0948. The molecule has 0 aliphatic heterocycles. The lowest BCUT2D eigenvalue weighted by Gasteiger charge is -2.09. The van der Waals surface area contributed by atoms with Crippen molar-refractivity contribution in [3.63, 3.8) is 0 Å². The Morgan fingerprint density at radius 3 is 2.76 bits per heavy atom. The van der Waals surface area contributed by atoms with Crippen molar-refractivity contribution in [2.24, 2.45) is 0 Å². The van der Waals surface area contributed by atoms with Crippen LogP contribution in [0.3, 0.4) is 0 Å². The third-order valence-corrected chi connectivity index (χ3v) is 4.33. The number of carbonyl (C=O) groups excluding carboxylic acids is 1. The van der Waals surface area contributed by atoms with Gasteiger partial charge in [0.2, 0.25) is 0 Å². The van der Waals surface area contributed by atoms with Gasteiger partial charge in [-0.3, -0.25) is 9.59 Å². The first-order valence-corrected chi connectivity index (χ1v) is 8.43. The smallest absolute Gasteiger partial charge is 0.253 e. The number of nitrogens with zero attached hydrogens (tertiary/aromatic N) is 1. The minimum absolute atomic E-state index is 0.0433. The summed E-state index contributed by atoms with van der Waals surface area (Å²) in [6.07, 6.45) is 2.40. The van der Waals surface area contributed by atoms with E-state index in [0.29, 0.717) is 25.3 Å². The highest BCUT2D eigenvalue weighted by Gasteiger charge is 2.39. The van der Waals surface area contributed by atoms with Crippen LogP contribution < -0.4 is 10.9 Å². The molecule has 5 nitrogen and oxygen atoms in total. The molecule has 0 unspecified atom stereocenters. The van der Waals surface area contributed by atoms with Crippen LogP contribution in [0.4, 0.5) is 4.39 Å². The van der Waals surface area contributed by atoms with E-state index in [1.165, 1.54) is 28.8 Å². The average Bonchev–Trinajstić information content (AvgIpc) is 3.36. The Labute approximate surface area is 145 Å². The number of hydrogen-bond donors (Lipinski definition) is 1. The maximum absolute atomic E-state index is 13.0. The third kappa shape index (κ3) is 4.33. The van der Waals surface area contributed by atoms with Gasteiger partial charge in [0.15, 0.2) is 0 Å². The number of aromatic nitrogens is 1. The van der Waals surface area contributed by atoms with Crippen LogP contribution in [-0.4, -0.2) is 29.7 Å². The summed E-state index contributed by atoms with van der Waals surface area (Å²) in [7, 11) is 0. The molecule has 0 spiro atoms. The highest BCUT2D eigenvalue weighted by atomic mass is 19.1. The number of ether oxygens (including phenoxy) is 1. The Morgan fingerprint density at radius 1 is 1.28 bits per heavy atom. The van der Waals surface area contributed by atoms with Crippen molar-refractivity contribution in [3.05, 3.63) is 69.9 Å². The van der Waals surface area contributed by atoms with Gasteiger partial charge < -0.3 is 14.6 Å². The molecule has 1 aromatic heterocycles. The molecule has 6 heteroatoms. The van der Waals surface area contributed by atoms with E-state index in [1.54, 1.807) is 18.3 Å². The van der Waals surface area contributed by atoms with E-state index in [4.69, 9.17) is 4.74 Å². The summed E-state index contributed by atoms with van der Waals surface area (Å²) >= 11 is 0. The lowest BCUT2D eigenvalue weighted by atomic mass is 10.1. The van der Waals surface area contributed by atoms with E-state index in [0.717, 1.165) is 12.0 Å². The summed E-state index contributed by atoms with van der Waals surface area (Å²) in [6, 6.07) is 9.33. The van der Waals surface area contributed by atoms with Gasteiger partial charge in [0.1, 0.15) is 5.82 Å². The maximum Gasteiger partial charge on any atom is 0.253 e. The van der Waals surface area contributed by atoms with Crippen LogP contribution >= 0.6 is 0 Å². The molecular formula is C19H21FN2O3. The van der Waals surface area contributed by atoms with Crippen molar-refractivity contribution >= 4 is 5.91 Å². The molecule has 3 rings (SSSR count). The van der Waals surface area contributed by atoms with Crippen LogP contribution in [0.25, 0.3) is 0 Å². The minimum atomic E-state index is -0.265. The van der Waals surface area contributed by atoms with Crippen LogP contribution in [0.5, 0.6) is 0 Å². The average molecular weight is 344 g/mol. The van der Waals surface area contributed by atoms with Gasteiger partial charge in [0, 0.05) is 37.4 Å². The van der Waals surface area contributed by atoms with Crippen molar-refractivity contribution in [2.45, 2.75) is 31.8 Å². The Hall–Kier alpha value is -2.47. The summed E-state index contributed by atoms with van der Waals surface area (Å²) in [5, 5.41) is 2.97. The van der Waals surface area contributed by atoms with Gasteiger partial charge >= 0.3 is 0 Å². The topological polar surface area (TPSA) is 60.3 Å². The van der Waals surface area contributed by atoms with Gasteiger partial charge in [-0.2, -0.15) is 0 Å². The second-order valence-corrected chi connectivity index (χ2v) is 6.12. The highest BCUT2D eigenvalue weighted by molar-refractivity contribution is 5.94. The summed E-state index contributed by atoms with van der Waals surface area (Å²) in [5.74, 6) is -0.257. The van der Waals surface area contributed by atoms with Crippen LogP contribution in [0.2, 0.25) is 0 Å². The van der Waals surface area contributed by atoms with E-state index < -0.39 is 0 Å². The predicted molar refractivity (Wildman–Crippen MR) is 92.2 cm³/mol. The molecule has 132 valence electrons. The number of nitrogens with one attached hydrogen (secondary N) is 1. The van der Waals surface area contributed by atoms with Crippen LogP contribution in [0.15, 0.2) is 47.4 Å². The molecule has 1 heterocycles. The van der Waals surface area contributed by atoms with Gasteiger partial charge in [-0.25, -0.2) is 4.39 Å². The van der Waals surface area contributed by atoms with Crippen molar-refractivity contribution in [1.82, 2.24) is 9.88 Å². The van der Waals surface area contributed by atoms with Crippen LogP contribution in [0, 0.1) is 5.82 Å². The van der Waals surface area contributed by atoms with Gasteiger partial charge in [-0.1, -0.05) is 12.1 Å². The quantitative estimate of drug-likeness (QED) is 0.784. The van der Waals surface area contributed by atoms with Gasteiger partial charge in [0.05, 0.1) is 12.2 Å². The lowest BCUT2D eigenvalue weighted by Crippen LogP contribution is -2.29. The first kappa shape index (κ1) is 17.4. The molecule has 1 fully saturated rings. The normalized spacial score (nSPS) is 18.8. The number of pyridine rings is 1. The van der Waals surface area contributed by atoms with E-state index in [1.807, 2.05) is 6.92 Å². The summed E-state index contributed by atoms with van der Waals surface area (Å²) in [5.41, 5.74) is 1.31. The molecule has 1 aliphatic rings. The number of hydrogen-bond acceptors (Lipinski definition) is 3. The Bertz CT molecular complexity index is 801. The molecular weight excluding hydrogens is 323 g/mol. The van der Waals surface area contributed by atoms with E-state index in [9.17, 15) is 14.0 Å². The summed E-state index contributed by atoms with van der Waals surface area (Å²) < 4.78 is 19.7. The summed E-state index contributed by atoms with van der Waals surface area (Å²) in [6.45, 7) is 3.31. The SMILES string of the molecule is CCOCCn1cc(C(=O)N[C@@H]2C[C@H]2c2ccc(F)cc2)ccc1=O. The zero-order chi connectivity index (χ0) is 17.8. The van der Waals surface area contributed by atoms with E-state index >= 15 is 0 Å². The highest BCUT2D eigenvalue weighted by Crippen LogP contribution is 2.40. The molecule has 1 aromatic carbocycles. The van der Waals surface area contributed by atoms with Crippen molar-refractivity contribution in [1.29, 1.82) is 0 Å². The Balaban J connectivity index is 1.61. The molecule has 25 heavy (non-hydrogen) atoms. The van der Waals surface area contributed by atoms with Crippen LogP contribution in [-0.2, 0) is 11.3 Å². The molecule has 2 aromatic rings. The number of carbonyl (C=O) groups is 1. The molecule has 0 saturated heterocycles. The molecule has 0 bridgehead atoms. The third-order valence-electron chi connectivity index (χ3n) is 4.33. The van der Waals surface area contributed by atoms with Gasteiger partial charge in [-0.15, -0.1) is 0 Å².